The predicted molar refractivity (Wildman–Crippen MR) is 177 cm³/mol. The van der Waals surface area contributed by atoms with Gasteiger partial charge < -0.3 is 14.7 Å². The Kier molecular flexibility index (Phi) is 8.10. The topological polar surface area (TPSA) is 105 Å². The van der Waals surface area contributed by atoms with Crippen LogP contribution in [0.25, 0.3) is 17.2 Å². The minimum absolute atomic E-state index is 0.00373. The molecule has 0 saturated heterocycles. The summed E-state index contributed by atoms with van der Waals surface area (Å²) in [6.45, 7) is 3.10. The lowest BCUT2D eigenvalue weighted by Gasteiger charge is -2.31. The van der Waals surface area contributed by atoms with E-state index in [2.05, 4.69) is 32.3 Å². The standard InChI is InChI=1S/C36H36N4O4S/c1-22-25(12-8-15-30(22)44-24-10-3-2-4-11-24)26-17-18-32(38-33(26)35(42)43)40-20-19-23-9-7-13-27(28(23)21-40)34(41)39-36-37-29-14-5-6-16-31(29)45-36/h5,7-9,12-15,17-18,24H,2-4,6,10-11,16,19-21H2,1H3,(H,42,43)(H,37,39,41). The molecular weight excluding hydrogens is 584 g/mol. The average molecular weight is 621 g/mol. The zero-order valence-electron chi connectivity index (χ0n) is 25.3. The second-order valence-electron chi connectivity index (χ2n) is 12.0. The molecule has 7 rings (SSSR count). The highest BCUT2D eigenvalue weighted by Gasteiger charge is 2.26. The summed E-state index contributed by atoms with van der Waals surface area (Å²) >= 11 is 1.53. The molecule has 1 saturated carbocycles. The molecule has 3 heterocycles. The number of pyridine rings is 1. The molecule has 0 unspecified atom stereocenters. The molecule has 9 heteroatoms. The minimum Gasteiger partial charge on any atom is -0.490 e. The maximum Gasteiger partial charge on any atom is 0.355 e. The molecule has 4 aromatic rings. The van der Waals surface area contributed by atoms with Crippen LogP contribution in [-0.2, 0) is 19.4 Å². The number of carboxylic acids is 1. The van der Waals surface area contributed by atoms with Gasteiger partial charge in [-0.1, -0.05) is 36.8 Å². The first-order valence-corrected chi connectivity index (χ1v) is 16.6. The van der Waals surface area contributed by atoms with Crippen molar-refractivity contribution in [1.82, 2.24) is 9.97 Å². The highest BCUT2D eigenvalue weighted by atomic mass is 32.1. The van der Waals surface area contributed by atoms with Gasteiger partial charge in [0.15, 0.2) is 10.8 Å². The second kappa shape index (κ2) is 12.5. The molecule has 1 aliphatic heterocycles. The van der Waals surface area contributed by atoms with E-state index in [9.17, 15) is 14.7 Å². The van der Waals surface area contributed by atoms with Gasteiger partial charge in [-0.25, -0.2) is 14.8 Å². The molecule has 8 nitrogen and oxygen atoms in total. The number of thiazole rings is 1. The van der Waals surface area contributed by atoms with Crippen LogP contribution < -0.4 is 15.0 Å². The summed E-state index contributed by atoms with van der Waals surface area (Å²) in [5.41, 5.74) is 5.86. The number of ether oxygens (including phenoxy) is 1. The molecule has 0 spiro atoms. The molecule has 2 aliphatic carbocycles. The van der Waals surface area contributed by atoms with Crippen LogP contribution in [0.5, 0.6) is 5.75 Å². The van der Waals surface area contributed by atoms with Crippen molar-refractivity contribution < 1.29 is 19.4 Å². The number of allylic oxidation sites excluding steroid dienone is 1. The van der Waals surface area contributed by atoms with E-state index < -0.39 is 5.97 Å². The molecule has 0 radical (unpaired) electrons. The Hall–Kier alpha value is -4.50. The van der Waals surface area contributed by atoms with Crippen molar-refractivity contribution in [3.8, 4) is 16.9 Å². The third kappa shape index (κ3) is 5.96. The molecular formula is C36H36N4O4S. The van der Waals surface area contributed by atoms with Gasteiger partial charge in [-0.3, -0.25) is 10.1 Å². The van der Waals surface area contributed by atoms with Gasteiger partial charge in [-0.05, 0) is 104 Å². The molecule has 230 valence electrons. The van der Waals surface area contributed by atoms with Crippen molar-refractivity contribution in [3.05, 3.63) is 93.1 Å². The van der Waals surface area contributed by atoms with Crippen LogP contribution in [0.1, 0.15) is 86.6 Å². The highest BCUT2D eigenvalue weighted by Crippen LogP contribution is 2.36. The van der Waals surface area contributed by atoms with Gasteiger partial charge in [-0.15, -0.1) is 11.3 Å². The number of hydrogen-bond acceptors (Lipinski definition) is 7. The van der Waals surface area contributed by atoms with Gasteiger partial charge in [0.2, 0.25) is 0 Å². The van der Waals surface area contributed by atoms with Gasteiger partial charge in [0.25, 0.3) is 5.91 Å². The fourth-order valence-electron chi connectivity index (χ4n) is 6.69. The third-order valence-corrected chi connectivity index (χ3v) is 10.2. The van der Waals surface area contributed by atoms with Crippen molar-refractivity contribution in [2.45, 2.75) is 70.9 Å². The van der Waals surface area contributed by atoms with E-state index in [4.69, 9.17) is 4.74 Å². The van der Waals surface area contributed by atoms with E-state index in [-0.39, 0.29) is 17.7 Å². The maximum atomic E-state index is 13.5. The second-order valence-corrected chi connectivity index (χ2v) is 13.1. The number of fused-ring (bicyclic) bond motifs is 2. The molecule has 0 atom stereocenters. The first kappa shape index (κ1) is 29.2. The summed E-state index contributed by atoms with van der Waals surface area (Å²) in [7, 11) is 0. The van der Waals surface area contributed by atoms with Gasteiger partial charge in [0.05, 0.1) is 11.8 Å². The first-order chi connectivity index (χ1) is 21.9. The summed E-state index contributed by atoms with van der Waals surface area (Å²) < 4.78 is 6.37. The fourth-order valence-corrected chi connectivity index (χ4v) is 7.65. The number of nitrogens with one attached hydrogen (secondary N) is 1. The summed E-state index contributed by atoms with van der Waals surface area (Å²) in [6.07, 6.45) is 12.7. The van der Waals surface area contributed by atoms with Crippen molar-refractivity contribution in [2.24, 2.45) is 0 Å². The van der Waals surface area contributed by atoms with E-state index in [1.807, 2.05) is 55.5 Å². The Morgan fingerprint density at radius 2 is 1.84 bits per heavy atom. The van der Waals surface area contributed by atoms with Crippen LogP contribution >= 0.6 is 11.3 Å². The molecule has 1 fully saturated rings. The van der Waals surface area contributed by atoms with Gasteiger partial charge in [0, 0.05) is 29.1 Å². The number of amides is 1. The average Bonchev–Trinajstić information content (AvgIpc) is 3.48. The number of nitrogens with zero attached hydrogens (tertiary/aromatic N) is 3. The molecule has 0 bridgehead atoms. The summed E-state index contributed by atoms with van der Waals surface area (Å²) in [5.74, 6) is 0.101. The van der Waals surface area contributed by atoms with Crippen molar-refractivity contribution in [2.75, 3.05) is 16.8 Å². The lowest BCUT2D eigenvalue weighted by Crippen LogP contribution is -2.33. The Bertz CT molecular complexity index is 1810. The third-order valence-electron chi connectivity index (χ3n) is 9.11. The number of hydrogen-bond donors (Lipinski definition) is 2. The first-order valence-electron chi connectivity index (χ1n) is 15.8. The quantitative estimate of drug-likeness (QED) is 0.218. The van der Waals surface area contributed by atoms with Gasteiger partial charge >= 0.3 is 5.97 Å². The lowest BCUT2D eigenvalue weighted by atomic mass is 9.94. The van der Waals surface area contributed by atoms with E-state index in [0.717, 1.165) is 65.8 Å². The number of rotatable bonds is 7. The monoisotopic (exact) mass is 620 g/mol. The highest BCUT2D eigenvalue weighted by molar-refractivity contribution is 7.16. The van der Waals surface area contributed by atoms with Gasteiger partial charge in [-0.2, -0.15) is 0 Å². The summed E-state index contributed by atoms with van der Waals surface area (Å²) in [6, 6.07) is 15.4. The number of aromatic carboxylic acids is 1. The largest absolute Gasteiger partial charge is 0.490 e. The number of aromatic nitrogens is 2. The van der Waals surface area contributed by atoms with E-state index in [1.54, 1.807) is 0 Å². The molecule has 1 amide bonds. The maximum absolute atomic E-state index is 13.5. The van der Waals surface area contributed by atoms with E-state index >= 15 is 0 Å². The summed E-state index contributed by atoms with van der Waals surface area (Å²) in [4.78, 5) is 38.6. The van der Waals surface area contributed by atoms with Crippen LogP contribution in [0.3, 0.4) is 0 Å². The van der Waals surface area contributed by atoms with Crippen LogP contribution in [0.15, 0.2) is 54.6 Å². The lowest BCUT2D eigenvalue weighted by molar-refractivity contribution is 0.0691. The van der Waals surface area contributed by atoms with E-state index in [1.165, 1.54) is 35.5 Å². The van der Waals surface area contributed by atoms with Crippen molar-refractivity contribution in [1.29, 1.82) is 0 Å². The number of benzene rings is 2. The van der Waals surface area contributed by atoms with Crippen LogP contribution in [0, 0.1) is 6.92 Å². The zero-order chi connectivity index (χ0) is 30.9. The fraction of sp³-hybridized carbons (Fsp3) is 0.333. The Labute approximate surface area is 266 Å². The minimum atomic E-state index is -1.08. The molecule has 45 heavy (non-hydrogen) atoms. The Balaban J connectivity index is 1.14. The summed E-state index contributed by atoms with van der Waals surface area (Å²) in [5, 5.41) is 13.9. The number of anilines is 2. The zero-order valence-corrected chi connectivity index (χ0v) is 26.2. The molecule has 2 aromatic carbocycles. The Morgan fingerprint density at radius 1 is 1.00 bits per heavy atom. The molecule has 2 aromatic heterocycles. The number of carbonyl (C=O) groups excluding carboxylic acids is 1. The predicted octanol–water partition coefficient (Wildman–Crippen LogP) is 7.70. The number of carboxylic acid groups (broad SMARTS) is 1. The normalized spacial score (nSPS) is 16.2. The number of carbonyl (C=O) groups is 2. The molecule has 2 N–H and O–H groups in total. The van der Waals surface area contributed by atoms with Gasteiger partial charge in [0.1, 0.15) is 11.6 Å². The molecule has 3 aliphatic rings. The van der Waals surface area contributed by atoms with Crippen molar-refractivity contribution in [3.63, 3.8) is 0 Å². The van der Waals surface area contributed by atoms with Crippen LogP contribution in [-0.4, -0.2) is 39.6 Å². The van der Waals surface area contributed by atoms with Crippen LogP contribution in [0.4, 0.5) is 10.9 Å². The van der Waals surface area contributed by atoms with E-state index in [0.29, 0.717) is 35.2 Å². The van der Waals surface area contributed by atoms with Crippen LogP contribution in [0.2, 0.25) is 0 Å². The Morgan fingerprint density at radius 3 is 2.67 bits per heavy atom. The smallest absolute Gasteiger partial charge is 0.355 e. The van der Waals surface area contributed by atoms with Crippen molar-refractivity contribution >= 4 is 40.2 Å². The number of aryl methyl sites for hydroxylation is 1. The SMILES string of the molecule is Cc1c(OC2CCCCC2)cccc1-c1ccc(N2CCc3cccc(C(=O)Nc4nc5c(s4)CCC=C5)c3C2)nc1C(=O)O.